The summed E-state index contributed by atoms with van der Waals surface area (Å²) in [6, 6.07) is 27.0. The van der Waals surface area contributed by atoms with Crippen molar-refractivity contribution in [2.75, 3.05) is 64.4 Å². The second-order valence-electron chi connectivity index (χ2n) is 10.8. The molecule has 1 atom stereocenters. The van der Waals surface area contributed by atoms with E-state index in [9.17, 15) is 9.59 Å². The molecule has 0 bridgehead atoms. The zero-order valence-electron chi connectivity index (χ0n) is 23.8. The van der Waals surface area contributed by atoms with Gasteiger partial charge < -0.3 is 24.8 Å². The number of benzodiazepines with no additional fused rings is 1. The number of carbonyl (C=O) groups excluding carboxylic acids is 2. The number of hydrogen-bond acceptors (Lipinski definition) is 6. The summed E-state index contributed by atoms with van der Waals surface area (Å²) in [5.74, 6) is -0.699. The van der Waals surface area contributed by atoms with Crippen LogP contribution in [0.15, 0.2) is 89.9 Å². The Bertz CT molecular complexity index is 1540. The maximum atomic E-state index is 14.1. The van der Waals surface area contributed by atoms with Crippen molar-refractivity contribution in [1.29, 1.82) is 0 Å². The zero-order chi connectivity index (χ0) is 28.9. The van der Waals surface area contributed by atoms with Crippen LogP contribution in [0, 0.1) is 0 Å². The lowest BCUT2D eigenvalue weighted by Gasteiger charge is -2.32. The van der Waals surface area contributed by atoms with Crippen molar-refractivity contribution in [2.45, 2.75) is 6.17 Å². The summed E-state index contributed by atoms with van der Waals surface area (Å²) in [4.78, 5) is 42.0. The summed E-state index contributed by atoms with van der Waals surface area (Å²) >= 11 is 0. The quantitative estimate of drug-likeness (QED) is 0.304. The molecule has 216 valence electrons. The molecule has 1 saturated heterocycles. The molecule has 2 aliphatic heterocycles. The van der Waals surface area contributed by atoms with Gasteiger partial charge in [-0.15, -0.1) is 0 Å². The van der Waals surface area contributed by atoms with Gasteiger partial charge in [-0.05, 0) is 25.2 Å². The highest BCUT2D eigenvalue weighted by molar-refractivity contribution is 6.20. The molecule has 3 heterocycles. The van der Waals surface area contributed by atoms with Crippen LogP contribution in [0.25, 0.3) is 10.9 Å². The average Bonchev–Trinajstić information content (AvgIpc) is 3.43. The second kappa shape index (κ2) is 12.7. The number of carbonyl (C=O) groups is 2. The van der Waals surface area contributed by atoms with Crippen molar-refractivity contribution < 1.29 is 14.3 Å². The minimum absolute atomic E-state index is 0.305. The zero-order valence-corrected chi connectivity index (χ0v) is 23.8. The molecule has 1 aromatic heterocycles. The molecule has 0 aliphatic carbocycles. The van der Waals surface area contributed by atoms with Gasteiger partial charge in [-0.3, -0.25) is 14.5 Å². The van der Waals surface area contributed by atoms with Crippen molar-refractivity contribution in [2.24, 2.45) is 4.99 Å². The van der Waals surface area contributed by atoms with Crippen LogP contribution < -0.4 is 10.2 Å². The molecule has 0 radical (unpaired) electrons. The predicted octanol–water partition coefficient (Wildman–Crippen LogP) is 3.37. The van der Waals surface area contributed by atoms with Gasteiger partial charge in [0.05, 0.1) is 24.6 Å². The number of piperazine rings is 1. The van der Waals surface area contributed by atoms with Crippen molar-refractivity contribution in [3.63, 3.8) is 0 Å². The number of nitrogens with zero attached hydrogens (tertiary/aromatic N) is 4. The lowest BCUT2D eigenvalue weighted by Crippen LogP contribution is -2.48. The Morgan fingerprint density at radius 2 is 1.64 bits per heavy atom. The standard InChI is InChI=1S/C33H36N6O3/c1-37-15-17-38(18-16-37)19-21-42-22-20-39-29-14-8-6-12-26(29)30(24-9-3-2-4-10-24)35-31(33(39)41)36-32(40)28-23-25-11-5-7-13-27(25)34-28/h2-14,23,31,34H,15-22H2,1H3,(H,36,40). The number of benzene rings is 3. The van der Waals surface area contributed by atoms with Crippen LogP contribution in [0.5, 0.6) is 0 Å². The Kier molecular flexibility index (Phi) is 8.41. The van der Waals surface area contributed by atoms with E-state index in [0.717, 1.165) is 60.4 Å². The number of likely N-dealkylation sites (N-methyl/N-ethyl adjacent to an activating group) is 1. The van der Waals surface area contributed by atoms with Gasteiger partial charge >= 0.3 is 0 Å². The number of rotatable bonds is 9. The fourth-order valence-corrected chi connectivity index (χ4v) is 5.50. The van der Waals surface area contributed by atoms with Crippen LogP contribution in [-0.2, 0) is 9.53 Å². The number of H-pyrrole nitrogens is 1. The van der Waals surface area contributed by atoms with E-state index < -0.39 is 12.1 Å². The van der Waals surface area contributed by atoms with Crippen LogP contribution >= 0.6 is 0 Å². The molecule has 6 rings (SSSR count). The second-order valence-corrected chi connectivity index (χ2v) is 10.8. The largest absolute Gasteiger partial charge is 0.378 e. The minimum atomic E-state index is -1.11. The Morgan fingerprint density at radius 1 is 0.929 bits per heavy atom. The first-order valence-corrected chi connectivity index (χ1v) is 14.5. The number of para-hydroxylation sites is 2. The lowest BCUT2D eigenvalue weighted by atomic mass is 10.0. The van der Waals surface area contributed by atoms with E-state index in [4.69, 9.17) is 9.73 Å². The smallest absolute Gasteiger partial charge is 0.272 e. The van der Waals surface area contributed by atoms with Gasteiger partial charge in [-0.25, -0.2) is 4.99 Å². The highest BCUT2D eigenvalue weighted by Gasteiger charge is 2.33. The summed E-state index contributed by atoms with van der Waals surface area (Å²) in [6.07, 6.45) is -1.11. The molecular formula is C33H36N6O3. The molecule has 42 heavy (non-hydrogen) atoms. The SMILES string of the molecule is CN1CCN(CCOCCN2C(=O)C(NC(=O)c3cc4ccccc4[nH]3)N=C(c3ccccc3)c3ccccc32)CC1. The summed E-state index contributed by atoms with van der Waals surface area (Å²) < 4.78 is 6.02. The summed E-state index contributed by atoms with van der Waals surface area (Å²) in [7, 11) is 2.15. The van der Waals surface area contributed by atoms with Gasteiger partial charge in [0, 0.05) is 61.3 Å². The number of hydrogen-bond donors (Lipinski definition) is 2. The Balaban J connectivity index is 1.24. The molecule has 1 fully saturated rings. The van der Waals surface area contributed by atoms with Crippen molar-refractivity contribution in [1.82, 2.24) is 20.1 Å². The highest BCUT2D eigenvalue weighted by Crippen LogP contribution is 2.28. The van der Waals surface area contributed by atoms with Crippen molar-refractivity contribution in [3.05, 3.63) is 102 Å². The fourth-order valence-electron chi connectivity index (χ4n) is 5.50. The normalized spacial score (nSPS) is 18.0. The Morgan fingerprint density at radius 3 is 2.45 bits per heavy atom. The van der Waals surface area contributed by atoms with Crippen LogP contribution in [-0.4, -0.2) is 98.0 Å². The molecule has 0 saturated carbocycles. The topological polar surface area (TPSA) is 93.3 Å². The van der Waals surface area contributed by atoms with Gasteiger partial charge in [0.2, 0.25) is 6.17 Å². The molecule has 9 nitrogen and oxygen atoms in total. The van der Waals surface area contributed by atoms with E-state index in [-0.39, 0.29) is 5.91 Å². The van der Waals surface area contributed by atoms with Gasteiger partial charge in [0.25, 0.3) is 11.8 Å². The van der Waals surface area contributed by atoms with E-state index in [2.05, 4.69) is 27.1 Å². The third-order valence-corrected chi connectivity index (χ3v) is 7.90. The third kappa shape index (κ3) is 6.13. The number of anilines is 1. The van der Waals surface area contributed by atoms with Gasteiger partial charge in [0.15, 0.2) is 0 Å². The summed E-state index contributed by atoms with van der Waals surface area (Å²) in [6.45, 7) is 6.38. The average molecular weight is 565 g/mol. The third-order valence-electron chi connectivity index (χ3n) is 7.90. The monoisotopic (exact) mass is 564 g/mol. The van der Waals surface area contributed by atoms with E-state index in [0.29, 0.717) is 31.2 Å². The lowest BCUT2D eigenvalue weighted by molar-refractivity contribution is -0.120. The van der Waals surface area contributed by atoms with E-state index in [1.807, 2.05) is 78.9 Å². The molecule has 2 amide bonds. The first-order valence-electron chi connectivity index (χ1n) is 14.5. The first-order chi connectivity index (χ1) is 20.6. The maximum absolute atomic E-state index is 14.1. The van der Waals surface area contributed by atoms with Crippen LogP contribution in [0.3, 0.4) is 0 Å². The molecule has 1 unspecified atom stereocenters. The van der Waals surface area contributed by atoms with Crippen LogP contribution in [0.1, 0.15) is 21.6 Å². The number of nitrogens with one attached hydrogen (secondary N) is 2. The molecule has 9 heteroatoms. The Hall–Kier alpha value is -4.31. The van der Waals surface area contributed by atoms with E-state index in [1.54, 1.807) is 11.0 Å². The maximum Gasteiger partial charge on any atom is 0.272 e. The van der Waals surface area contributed by atoms with Crippen molar-refractivity contribution >= 4 is 34.1 Å². The minimum Gasteiger partial charge on any atom is -0.378 e. The summed E-state index contributed by atoms with van der Waals surface area (Å²) in [5.41, 5.74) is 4.33. The number of ether oxygens (including phenoxy) is 1. The van der Waals surface area contributed by atoms with Gasteiger partial charge in [-0.1, -0.05) is 66.7 Å². The predicted molar refractivity (Wildman–Crippen MR) is 165 cm³/mol. The highest BCUT2D eigenvalue weighted by atomic mass is 16.5. The molecule has 2 N–H and O–H groups in total. The van der Waals surface area contributed by atoms with Gasteiger partial charge in [-0.2, -0.15) is 0 Å². The number of aliphatic imine (C=N–C) groups is 1. The van der Waals surface area contributed by atoms with E-state index in [1.165, 1.54) is 0 Å². The summed E-state index contributed by atoms with van der Waals surface area (Å²) in [5, 5.41) is 3.82. The van der Waals surface area contributed by atoms with Crippen molar-refractivity contribution in [3.8, 4) is 0 Å². The van der Waals surface area contributed by atoms with E-state index >= 15 is 0 Å². The Labute approximate surface area is 245 Å². The molecule has 0 spiro atoms. The number of aromatic amines is 1. The fraction of sp³-hybridized carbons (Fsp3) is 0.303. The number of fused-ring (bicyclic) bond motifs is 2. The number of aromatic nitrogens is 1. The number of amides is 2. The molecule has 2 aliphatic rings. The molecular weight excluding hydrogens is 528 g/mol. The molecule has 4 aromatic rings. The van der Waals surface area contributed by atoms with Crippen LogP contribution in [0.4, 0.5) is 5.69 Å². The molecule has 3 aromatic carbocycles. The first kappa shape index (κ1) is 27.8. The van der Waals surface area contributed by atoms with Crippen LogP contribution in [0.2, 0.25) is 0 Å². The van der Waals surface area contributed by atoms with Gasteiger partial charge in [0.1, 0.15) is 5.69 Å².